The molecule has 0 aliphatic rings. The predicted molar refractivity (Wildman–Crippen MR) is 85.4 cm³/mol. The van der Waals surface area contributed by atoms with Gasteiger partial charge in [0.25, 0.3) is 0 Å². The molecule has 0 saturated carbocycles. The Morgan fingerprint density at radius 1 is 1.14 bits per heavy atom. The van der Waals surface area contributed by atoms with Crippen molar-refractivity contribution >= 4 is 11.8 Å². The number of ether oxygens (including phenoxy) is 2. The van der Waals surface area contributed by atoms with Crippen molar-refractivity contribution in [3.8, 4) is 23.3 Å². The molecule has 2 rings (SSSR count). The summed E-state index contributed by atoms with van der Waals surface area (Å²) in [5.41, 5.74) is 1.73. The van der Waals surface area contributed by atoms with Crippen LogP contribution in [0.15, 0.2) is 41.3 Å². The molecule has 0 saturated heterocycles. The SMILES string of the molecule is CCc1ccc(Oc2cccc(SC)c2C#N)c(OC)c1. The maximum Gasteiger partial charge on any atom is 0.169 e. The average Bonchev–Trinajstić information content (AvgIpc) is 2.54. The van der Waals surface area contributed by atoms with Crippen molar-refractivity contribution in [3.05, 3.63) is 47.5 Å². The lowest BCUT2D eigenvalue weighted by Gasteiger charge is -2.13. The third kappa shape index (κ3) is 3.32. The third-order valence-corrected chi connectivity index (χ3v) is 3.96. The van der Waals surface area contributed by atoms with Gasteiger partial charge in [0.1, 0.15) is 17.4 Å². The molecule has 0 fully saturated rings. The van der Waals surface area contributed by atoms with Gasteiger partial charge in [-0.2, -0.15) is 5.26 Å². The van der Waals surface area contributed by atoms with Crippen LogP contribution in [0, 0.1) is 11.3 Å². The highest BCUT2D eigenvalue weighted by Crippen LogP contribution is 2.36. The number of hydrogen-bond donors (Lipinski definition) is 0. The Labute approximate surface area is 129 Å². The number of thioether (sulfide) groups is 1. The largest absolute Gasteiger partial charge is 0.493 e. The van der Waals surface area contributed by atoms with Crippen LogP contribution in [-0.2, 0) is 6.42 Å². The molecule has 21 heavy (non-hydrogen) atoms. The fraction of sp³-hybridized carbons (Fsp3) is 0.235. The quantitative estimate of drug-likeness (QED) is 0.754. The van der Waals surface area contributed by atoms with Gasteiger partial charge in [0.05, 0.1) is 7.11 Å². The Hall–Kier alpha value is -2.12. The fourth-order valence-electron chi connectivity index (χ4n) is 2.01. The van der Waals surface area contributed by atoms with Crippen LogP contribution in [0.25, 0.3) is 0 Å². The van der Waals surface area contributed by atoms with Gasteiger partial charge >= 0.3 is 0 Å². The molecule has 3 nitrogen and oxygen atoms in total. The van der Waals surface area contributed by atoms with Gasteiger partial charge in [-0.3, -0.25) is 0 Å². The average molecular weight is 299 g/mol. The van der Waals surface area contributed by atoms with Crippen LogP contribution in [0.4, 0.5) is 0 Å². The second-order valence-electron chi connectivity index (χ2n) is 4.39. The number of nitrogens with zero attached hydrogens (tertiary/aromatic N) is 1. The zero-order chi connectivity index (χ0) is 15.2. The Bertz CT molecular complexity index is 677. The first kappa shape index (κ1) is 15.3. The zero-order valence-corrected chi connectivity index (χ0v) is 13.2. The van der Waals surface area contributed by atoms with E-state index in [2.05, 4.69) is 13.0 Å². The predicted octanol–water partition coefficient (Wildman–Crippen LogP) is 4.64. The van der Waals surface area contributed by atoms with E-state index < -0.39 is 0 Å². The summed E-state index contributed by atoms with van der Waals surface area (Å²) in [4.78, 5) is 0.902. The number of nitriles is 1. The van der Waals surface area contributed by atoms with E-state index in [4.69, 9.17) is 9.47 Å². The summed E-state index contributed by atoms with van der Waals surface area (Å²) in [6, 6.07) is 13.6. The Kier molecular flexibility index (Phi) is 5.13. The lowest BCUT2D eigenvalue weighted by molar-refractivity contribution is 0.378. The van der Waals surface area contributed by atoms with E-state index in [1.807, 2.05) is 36.6 Å². The summed E-state index contributed by atoms with van der Waals surface area (Å²) >= 11 is 1.53. The molecule has 2 aromatic rings. The van der Waals surface area contributed by atoms with Gasteiger partial charge in [-0.15, -0.1) is 11.8 Å². The second kappa shape index (κ2) is 7.05. The fourth-order valence-corrected chi connectivity index (χ4v) is 2.58. The molecule has 0 unspecified atom stereocenters. The van der Waals surface area contributed by atoms with E-state index in [1.54, 1.807) is 13.2 Å². The van der Waals surface area contributed by atoms with Crippen molar-refractivity contribution in [2.24, 2.45) is 0 Å². The number of rotatable bonds is 5. The monoisotopic (exact) mass is 299 g/mol. The van der Waals surface area contributed by atoms with Gasteiger partial charge in [-0.05, 0) is 42.5 Å². The first-order valence-electron chi connectivity index (χ1n) is 6.65. The van der Waals surface area contributed by atoms with Crippen molar-refractivity contribution in [1.29, 1.82) is 5.26 Å². The molecule has 0 aliphatic heterocycles. The van der Waals surface area contributed by atoms with Gasteiger partial charge < -0.3 is 9.47 Å². The standard InChI is InChI=1S/C17H17NO2S/c1-4-12-8-9-15(16(10-12)19-2)20-14-6-5-7-17(21-3)13(14)11-18/h5-10H,4H2,1-3H3. The maximum atomic E-state index is 9.34. The number of methoxy groups -OCH3 is 1. The van der Waals surface area contributed by atoms with Crippen LogP contribution in [0.2, 0.25) is 0 Å². The second-order valence-corrected chi connectivity index (χ2v) is 5.23. The van der Waals surface area contributed by atoms with Crippen LogP contribution < -0.4 is 9.47 Å². The first-order chi connectivity index (χ1) is 10.2. The first-order valence-corrected chi connectivity index (χ1v) is 7.87. The molecule has 0 radical (unpaired) electrons. The molecule has 0 N–H and O–H groups in total. The van der Waals surface area contributed by atoms with Crippen molar-refractivity contribution in [3.63, 3.8) is 0 Å². The molecule has 4 heteroatoms. The molecule has 0 bridgehead atoms. The van der Waals surface area contributed by atoms with Gasteiger partial charge in [0.15, 0.2) is 11.5 Å². The Balaban J connectivity index is 2.41. The van der Waals surface area contributed by atoms with E-state index in [1.165, 1.54) is 17.3 Å². The molecule has 0 aromatic heterocycles. The van der Waals surface area contributed by atoms with E-state index >= 15 is 0 Å². The summed E-state index contributed by atoms with van der Waals surface area (Å²) in [6.07, 6.45) is 2.87. The van der Waals surface area contributed by atoms with Gasteiger partial charge in [0, 0.05) is 4.90 Å². The van der Waals surface area contributed by atoms with E-state index in [0.717, 1.165) is 11.3 Å². The Morgan fingerprint density at radius 3 is 2.57 bits per heavy atom. The normalized spacial score (nSPS) is 10.0. The number of aryl methyl sites for hydroxylation is 1. The molecule has 0 amide bonds. The van der Waals surface area contributed by atoms with E-state index in [9.17, 15) is 5.26 Å². The Morgan fingerprint density at radius 2 is 1.95 bits per heavy atom. The van der Waals surface area contributed by atoms with Gasteiger partial charge in [-0.25, -0.2) is 0 Å². The molecule has 0 heterocycles. The zero-order valence-electron chi connectivity index (χ0n) is 12.3. The summed E-state index contributed by atoms with van der Waals surface area (Å²) < 4.78 is 11.3. The molecule has 108 valence electrons. The third-order valence-electron chi connectivity index (χ3n) is 3.18. The minimum Gasteiger partial charge on any atom is -0.493 e. The molecule has 0 atom stereocenters. The summed E-state index contributed by atoms with van der Waals surface area (Å²) in [7, 11) is 1.62. The van der Waals surface area contributed by atoms with Gasteiger partial charge in [0.2, 0.25) is 0 Å². The smallest absolute Gasteiger partial charge is 0.169 e. The van der Waals surface area contributed by atoms with Crippen LogP contribution in [0.5, 0.6) is 17.2 Å². The number of hydrogen-bond acceptors (Lipinski definition) is 4. The van der Waals surface area contributed by atoms with Crippen molar-refractivity contribution in [1.82, 2.24) is 0 Å². The molecule has 0 spiro atoms. The van der Waals surface area contributed by atoms with Crippen LogP contribution in [-0.4, -0.2) is 13.4 Å². The lowest BCUT2D eigenvalue weighted by Crippen LogP contribution is -1.94. The minimum absolute atomic E-state index is 0.548. The van der Waals surface area contributed by atoms with E-state index in [0.29, 0.717) is 22.8 Å². The summed E-state index contributed by atoms with van der Waals surface area (Å²) in [5, 5.41) is 9.34. The lowest BCUT2D eigenvalue weighted by atomic mass is 10.1. The molecule has 2 aromatic carbocycles. The topological polar surface area (TPSA) is 42.2 Å². The molecular weight excluding hydrogens is 282 g/mol. The summed E-state index contributed by atoms with van der Waals surface area (Å²) in [6.45, 7) is 2.09. The molecular formula is C17H17NO2S. The highest BCUT2D eigenvalue weighted by molar-refractivity contribution is 7.98. The molecule has 0 aliphatic carbocycles. The maximum absolute atomic E-state index is 9.34. The van der Waals surface area contributed by atoms with Crippen molar-refractivity contribution in [2.75, 3.05) is 13.4 Å². The van der Waals surface area contributed by atoms with Crippen molar-refractivity contribution < 1.29 is 9.47 Å². The van der Waals surface area contributed by atoms with E-state index in [-0.39, 0.29) is 0 Å². The highest BCUT2D eigenvalue weighted by Gasteiger charge is 2.12. The summed E-state index contributed by atoms with van der Waals surface area (Å²) in [5.74, 6) is 1.84. The highest BCUT2D eigenvalue weighted by atomic mass is 32.2. The van der Waals surface area contributed by atoms with Gasteiger partial charge in [-0.1, -0.05) is 19.1 Å². The van der Waals surface area contributed by atoms with Crippen LogP contribution >= 0.6 is 11.8 Å². The van der Waals surface area contributed by atoms with Crippen LogP contribution in [0.3, 0.4) is 0 Å². The van der Waals surface area contributed by atoms with Crippen molar-refractivity contribution in [2.45, 2.75) is 18.2 Å². The minimum atomic E-state index is 0.548. The van der Waals surface area contributed by atoms with Crippen LogP contribution in [0.1, 0.15) is 18.1 Å². The number of benzene rings is 2.